The van der Waals surface area contributed by atoms with Gasteiger partial charge in [-0.2, -0.15) is 11.8 Å². The molecule has 106 valence electrons. The Kier molecular flexibility index (Phi) is 5.35. The Morgan fingerprint density at radius 2 is 1.74 bits per heavy atom. The lowest BCUT2D eigenvalue weighted by Gasteiger charge is -2.31. The molecule has 1 aromatic carbocycles. The average molecular weight is 277 g/mol. The molecule has 2 unspecified atom stereocenters. The summed E-state index contributed by atoms with van der Waals surface area (Å²) < 4.78 is 0. The molecule has 1 nitrogen and oxygen atoms in total. The van der Waals surface area contributed by atoms with Crippen LogP contribution in [0.3, 0.4) is 0 Å². The standard InChI is InChI=1S/C17H27NS/c1-12-9-13(2)15(14(3)10-12)11-18-16-7-5-6-8-17(16)19-4/h9-10,16-18H,5-8,11H2,1-4H3. The van der Waals surface area contributed by atoms with Crippen LogP contribution in [0.2, 0.25) is 0 Å². The minimum absolute atomic E-state index is 0.698. The van der Waals surface area contributed by atoms with Crippen molar-refractivity contribution < 1.29 is 0 Å². The van der Waals surface area contributed by atoms with Gasteiger partial charge in [-0.05, 0) is 56.6 Å². The van der Waals surface area contributed by atoms with Crippen LogP contribution in [0.25, 0.3) is 0 Å². The summed E-state index contributed by atoms with van der Waals surface area (Å²) in [4.78, 5) is 0. The van der Waals surface area contributed by atoms with Gasteiger partial charge in [-0.25, -0.2) is 0 Å². The normalized spacial score (nSPS) is 23.6. The van der Waals surface area contributed by atoms with Gasteiger partial charge >= 0.3 is 0 Å². The highest BCUT2D eigenvalue weighted by atomic mass is 32.2. The fraction of sp³-hybridized carbons (Fsp3) is 0.647. The Morgan fingerprint density at radius 3 is 2.37 bits per heavy atom. The van der Waals surface area contributed by atoms with E-state index in [1.807, 2.05) is 11.8 Å². The van der Waals surface area contributed by atoms with Crippen molar-refractivity contribution in [1.29, 1.82) is 0 Å². The van der Waals surface area contributed by atoms with Crippen LogP contribution in [0.1, 0.15) is 47.9 Å². The second kappa shape index (κ2) is 6.81. The van der Waals surface area contributed by atoms with Crippen LogP contribution in [-0.2, 0) is 6.54 Å². The Labute approximate surface area is 122 Å². The molecule has 2 atom stereocenters. The van der Waals surface area contributed by atoms with Crippen LogP contribution in [0.15, 0.2) is 12.1 Å². The van der Waals surface area contributed by atoms with Gasteiger partial charge in [-0.15, -0.1) is 0 Å². The molecule has 1 fully saturated rings. The van der Waals surface area contributed by atoms with E-state index in [-0.39, 0.29) is 0 Å². The third-order valence-electron chi connectivity index (χ3n) is 4.39. The first kappa shape index (κ1) is 14.9. The number of hydrogen-bond acceptors (Lipinski definition) is 2. The molecule has 0 aromatic heterocycles. The highest BCUT2D eigenvalue weighted by molar-refractivity contribution is 7.99. The molecule has 1 aromatic rings. The second-order valence-electron chi connectivity index (χ2n) is 5.92. The van der Waals surface area contributed by atoms with Gasteiger partial charge in [0.2, 0.25) is 0 Å². The van der Waals surface area contributed by atoms with E-state index < -0.39 is 0 Å². The second-order valence-corrected chi connectivity index (χ2v) is 7.00. The summed E-state index contributed by atoms with van der Waals surface area (Å²) in [6.07, 6.45) is 7.78. The Bertz CT molecular complexity index is 404. The highest BCUT2D eigenvalue weighted by Crippen LogP contribution is 2.27. The Morgan fingerprint density at radius 1 is 1.11 bits per heavy atom. The van der Waals surface area contributed by atoms with E-state index >= 15 is 0 Å². The van der Waals surface area contributed by atoms with Gasteiger partial charge in [0.25, 0.3) is 0 Å². The van der Waals surface area contributed by atoms with Crippen molar-refractivity contribution in [3.05, 3.63) is 34.4 Å². The molecule has 0 radical (unpaired) electrons. The van der Waals surface area contributed by atoms with Crippen LogP contribution in [0, 0.1) is 20.8 Å². The van der Waals surface area contributed by atoms with Gasteiger partial charge in [-0.3, -0.25) is 0 Å². The van der Waals surface area contributed by atoms with E-state index in [0.29, 0.717) is 6.04 Å². The van der Waals surface area contributed by atoms with Gasteiger partial charge in [0.05, 0.1) is 0 Å². The zero-order valence-corrected chi connectivity index (χ0v) is 13.6. The molecule has 19 heavy (non-hydrogen) atoms. The molecule has 1 N–H and O–H groups in total. The van der Waals surface area contributed by atoms with E-state index in [1.165, 1.54) is 47.9 Å². The number of benzene rings is 1. The third kappa shape index (κ3) is 3.76. The smallest absolute Gasteiger partial charge is 0.0213 e. The maximum Gasteiger partial charge on any atom is 0.0213 e. The summed E-state index contributed by atoms with van der Waals surface area (Å²) in [6, 6.07) is 5.30. The van der Waals surface area contributed by atoms with Crippen molar-refractivity contribution in [2.45, 2.75) is 64.3 Å². The first-order chi connectivity index (χ1) is 9.11. The summed E-state index contributed by atoms with van der Waals surface area (Å²) in [5, 5.41) is 4.62. The lowest BCUT2D eigenvalue weighted by atomic mass is 9.94. The minimum Gasteiger partial charge on any atom is -0.309 e. The highest BCUT2D eigenvalue weighted by Gasteiger charge is 2.23. The minimum atomic E-state index is 0.698. The summed E-state index contributed by atoms with van der Waals surface area (Å²) in [5.41, 5.74) is 5.73. The number of rotatable bonds is 4. The lowest BCUT2D eigenvalue weighted by Crippen LogP contribution is -2.40. The molecule has 1 aliphatic carbocycles. The predicted octanol–water partition coefficient (Wildman–Crippen LogP) is 4.38. The monoisotopic (exact) mass is 277 g/mol. The van der Waals surface area contributed by atoms with E-state index in [9.17, 15) is 0 Å². The van der Waals surface area contributed by atoms with Crippen LogP contribution < -0.4 is 5.32 Å². The SMILES string of the molecule is CSC1CCCCC1NCc1c(C)cc(C)cc1C. The first-order valence-electron chi connectivity index (χ1n) is 7.44. The molecule has 2 rings (SSSR count). The number of thioether (sulfide) groups is 1. The Balaban J connectivity index is 2.02. The predicted molar refractivity (Wildman–Crippen MR) is 87.1 cm³/mol. The summed E-state index contributed by atoms with van der Waals surface area (Å²) in [6.45, 7) is 7.69. The molecule has 0 aliphatic heterocycles. The number of aryl methyl sites for hydroxylation is 3. The van der Waals surface area contributed by atoms with Crippen molar-refractivity contribution in [3.8, 4) is 0 Å². The fourth-order valence-corrected chi connectivity index (χ4v) is 4.30. The van der Waals surface area contributed by atoms with Crippen molar-refractivity contribution in [1.82, 2.24) is 5.32 Å². The molecular weight excluding hydrogens is 250 g/mol. The van der Waals surface area contributed by atoms with Crippen molar-refractivity contribution in [2.75, 3.05) is 6.26 Å². The molecule has 0 amide bonds. The molecule has 0 heterocycles. The first-order valence-corrected chi connectivity index (χ1v) is 8.73. The van der Waals surface area contributed by atoms with Crippen molar-refractivity contribution in [3.63, 3.8) is 0 Å². The topological polar surface area (TPSA) is 12.0 Å². The maximum absolute atomic E-state index is 3.82. The van der Waals surface area contributed by atoms with E-state index in [0.717, 1.165) is 11.8 Å². The van der Waals surface area contributed by atoms with Crippen molar-refractivity contribution in [2.24, 2.45) is 0 Å². The summed E-state index contributed by atoms with van der Waals surface area (Å²) in [7, 11) is 0. The largest absolute Gasteiger partial charge is 0.309 e. The van der Waals surface area contributed by atoms with E-state index in [4.69, 9.17) is 0 Å². The Hall–Kier alpha value is -0.470. The number of hydrogen-bond donors (Lipinski definition) is 1. The van der Waals surface area contributed by atoms with Gasteiger partial charge in [0.1, 0.15) is 0 Å². The van der Waals surface area contributed by atoms with Crippen LogP contribution in [0.5, 0.6) is 0 Å². The summed E-state index contributed by atoms with van der Waals surface area (Å²) in [5.74, 6) is 0. The average Bonchev–Trinajstić information content (AvgIpc) is 2.38. The van der Waals surface area contributed by atoms with Crippen LogP contribution >= 0.6 is 11.8 Å². The lowest BCUT2D eigenvalue weighted by molar-refractivity contribution is 0.382. The molecule has 0 spiro atoms. The third-order valence-corrected chi connectivity index (χ3v) is 5.56. The maximum atomic E-state index is 3.82. The van der Waals surface area contributed by atoms with E-state index in [1.54, 1.807) is 0 Å². The van der Waals surface area contributed by atoms with Crippen LogP contribution in [-0.4, -0.2) is 17.5 Å². The molecule has 0 bridgehead atoms. The van der Waals surface area contributed by atoms with Gasteiger partial charge in [0, 0.05) is 17.8 Å². The summed E-state index contributed by atoms with van der Waals surface area (Å²) >= 11 is 2.04. The molecule has 1 aliphatic rings. The molecule has 1 saturated carbocycles. The zero-order chi connectivity index (χ0) is 13.8. The van der Waals surface area contributed by atoms with Gasteiger partial charge in [-0.1, -0.05) is 30.5 Å². The van der Waals surface area contributed by atoms with E-state index in [2.05, 4.69) is 44.5 Å². The number of nitrogens with one attached hydrogen (secondary N) is 1. The molecular formula is C17H27NS. The zero-order valence-electron chi connectivity index (χ0n) is 12.8. The van der Waals surface area contributed by atoms with Gasteiger partial charge in [0.15, 0.2) is 0 Å². The van der Waals surface area contributed by atoms with Gasteiger partial charge < -0.3 is 5.32 Å². The van der Waals surface area contributed by atoms with Crippen molar-refractivity contribution >= 4 is 11.8 Å². The van der Waals surface area contributed by atoms with Crippen LogP contribution in [0.4, 0.5) is 0 Å². The molecule has 2 heteroatoms. The molecule has 0 saturated heterocycles. The quantitative estimate of drug-likeness (QED) is 0.876. The fourth-order valence-electron chi connectivity index (χ4n) is 3.33.